The summed E-state index contributed by atoms with van der Waals surface area (Å²) < 4.78 is 0. The van der Waals surface area contributed by atoms with Gasteiger partial charge in [0, 0.05) is 29.0 Å². The van der Waals surface area contributed by atoms with Crippen molar-refractivity contribution in [3.05, 3.63) is 91.3 Å². The second-order valence-electron chi connectivity index (χ2n) is 4.66. The van der Waals surface area contributed by atoms with Gasteiger partial charge in [-0.25, -0.2) is 0 Å². The van der Waals surface area contributed by atoms with Gasteiger partial charge in [-0.05, 0) is 29.8 Å². The Labute approximate surface area is 124 Å². The van der Waals surface area contributed by atoms with Gasteiger partial charge in [0.05, 0.1) is 0 Å². The van der Waals surface area contributed by atoms with Crippen molar-refractivity contribution in [3.8, 4) is 11.3 Å². The number of H-pyrrole nitrogens is 1. The summed E-state index contributed by atoms with van der Waals surface area (Å²) in [5.41, 5.74) is 3.60. The van der Waals surface area contributed by atoms with Crippen molar-refractivity contribution in [1.29, 1.82) is 0 Å². The lowest BCUT2D eigenvalue weighted by Gasteiger charge is -1.94. The van der Waals surface area contributed by atoms with Gasteiger partial charge in [-0.1, -0.05) is 54.6 Å². The fraction of sp³-hybridized carbons (Fsp3) is 0. The summed E-state index contributed by atoms with van der Waals surface area (Å²) in [6.45, 7) is 0. The molecule has 2 nitrogen and oxygen atoms in total. The van der Waals surface area contributed by atoms with Gasteiger partial charge in [0.15, 0.2) is 0 Å². The van der Waals surface area contributed by atoms with Gasteiger partial charge in [0.2, 0.25) is 0 Å². The van der Waals surface area contributed by atoms with E-state index in [1.807, 2.05) is 30.3 Å². The van der Waals surface area contributed by atoms with Crippen LogP contribution < -0.4 is 0 Å². The molecule has 0 saturated carbocycles. The standard InChI is InChI=1S/C14H11N.C5H5N/c1-2-6-11(7-3-1)14-10-12-8-4-5-9-13(12)15-14;1-2-4-6-5-3-1/h1-10,15H;1-5H. The Morgan fingerprint density at radius 2 is 1.33 bits per heavy atom. The first-order valence-electron chi connectivity index (χ1n) is 6.92. The first-order valence-corrected chi connectivity index (χ1v) is 6.92. The van der Waals surface area contributed by atoms with Crippen LogP contribution in [0.2, 0.25) is 0 Å². The molecule has 1 N–H and O–H groups in total. The number of rotatable bonds is 1. The third-order valence-electron chi connectivity index (χ3n) is 3.18. The summed E-state index contributed by atoms with van der Waals surface area (Å²) in [5.74, 6) is 0. The summed E-state index contributed by atoms with van der Waals surface area (Å²) in [5, 5.41) is 1.26. The Balaban J connectivity index is 0.000000186. The highest BCUT2D eigenvalue weighted by Crippen LogP contribution is 2.23. The molecule has 0 spiro atoms. The van der Waals surface area contributed by atoms with E-state index in [1.54, 1.807) is 12.4 Å². The number of hydrogen-bond acceptors (Lipinski definition) is 1. The van der Waals surface area contributed by atoms with E-state index < -0.39 is 0 Å². The zero-order valence-electron chi connectivity index (χ0n) is 11.6. The number of aromatic nitrogens is 2. The van der Waals surface area contributed by atoms with E-state index in [2.05, 4.69) is 58.5 Å². The van der Waals surface area contributed by atoms with E-state index in [-0.39, 0.29) is 0 Å². The minimum Gasteiger partial charge on any atom is -0.355 e. The van der Waals surface area contributed by atoms with Crippen LogP contribution >= 0.6 is 0 Å². The quantitative estimate of drug-likeness (QED) is 0.523. The van der Waals surface area contributed by atoms with Crippen molar-refractivity contribution in [2.24, 2.45) is 0 Å². The van der Waals surface area contributed by atoms with Crippen molar-refractivity contribution in [2.75, 3.05) is 0 Å². The molecule has 0 aliphatic rings. The van der Waals surface area contributed by atoms with Gasteiger partial charge in [0.25, 0.3) is 0 Å². The Bertz CT molecular complexity index is 730. The predicted octanol–water partition coefficient (Wildman–Crippen LogP) is 4.92. The van der Waals surface area contributed by atoms with E-state index in [4.69, 9.17) is 0 Å². The lowest BCUT2D eigenvalue weighted by Crippen LogP contribution is -1.74. The van der Waals surface area contributed by atoms with E-state index in [1.165, 1.54) is 22.2 Å². The molecule has 4 rings (SSSR count). The third-order valence-corrected chi connectivity index (χ3v) is 3.18. The monoisotopic (exact) mass is 272 g/mol. The lowest BCUT2D eigenvalue weighted by molar-refractivity contribution is 1.33. The van der Waals surface area contributed by atoms with Gasteiger partial charge < -0.3 is 4.98 Å². The zero-order valence-corrected chi connectivity index (χ0v) is 11.6. The summed E-state index contributed by atoms with van der Waals surface area (Å²) in [4.78, 5) is 7.20. The van der Waals surface area contributed by atoms with Gasteiger partial charge in [0.1, 0.15) is 0 Å². The number of nitrogens with one attached hydrogen (secondary N) is 1. The third kappa shape index (κ3) is 3.37. The normalized spacial score (nSPS) is 9.90. The molecule has 21 heavy (non-hydrogen) atoms. The highest BCUT2D eigenvalue weighted by molar-refractivity contribution is 5.85. The molecule has 0 aliphatic carbocycles. The molecule has 0 saturated heterocycles. The molecule has 2 aromatic heterocycles. The Morgan fingerprint density at radius 3 is 1.95 bits per heavy atom. The van der Waals surface area contributed by atoms with E-state index in [0.29, 0.717) is 0 Å². The molecule has 0 amide bonds. The zero-order chi connectivity index (χ0) is 14.3. The first kappa shape index (κ1) is 13.1. The van der Waals surface area contributed by atoms with Crippen LogP contribution in [0.4, 0.5) is 0 Å². The summed E-state index contributed by atoms with van der Waals surface area (Å²) >= 11 is 0. The maximum atomic E-state index is 3.78. The smallest absolute Gasteiger partial charge is 0.0464 e. The molecule has 0 bridgehead atoms. The van der Waals surface area contributed by atoms with E-state index >= 15 is 0 Å². The van der Waals surface area contributed by atoms with Crippen LogP contribution in [0, 0.1) is 0 Å². The maximum absolute atomic E-state index is 3.78. The number of hydrogen-bond donors (Lipinski definition) is 1. The van der Waals surface area contributed by atoms with Crippen molar-refractivity contribution in [3.63, 3.8) is 0 Å². The largest absolute Gasteiger partial charge is 0.355 e. The average Bonchev–Trinajstić information content (AvgIpc) is 3.02. The van der Waals surface area contributed by atoms with Crippen LogP contribution in [0.15, 0.2) is 91.3 Å². The van der Waals surface area contributed by atoms with Crippen LogP contribution in [-0.2, 0) is 0 Å². The molecule has 0 unspecified atom stereocenters. The summed E-state index contributed by atoms with van der Waals surface area (Å²) in [6.07, 6.45) is 3.50. The van der Waals surface area contributed by atoms with Crippen LogP contribution in [0.25, 0.3) is 22.2 Å². The fourth-order valence-electron chi connectivity index (χ4n) is 2.16. The molecule has 102 valence electrons. The van der Waals surface area contributed by atoms with Gasteiger partial charge in [-0.15, -0.1) is 0 Å². The van der Waals surface area contributed by atoms with Crippen molar-refractivity contribution < 1.29 is 0 Å². The molecule has 4 aromatic rings. The number of benzene rings is 2. The van der Waals surface area contributed by atoms with Crippen LogP contribution in [0.3, 0.4) is 0 Å². The van der Waals surface area contributed by atoms with Crippen LogP contribution in [0.1, 0.15) is 0 Å². The summed E-state index contributed by atoms with van der Waals surface area (Å²) in [7, 11) is 0. The highest BCUT2D eigenvalue weighted by Gasteiger charge is 2.00. The molecule has 2 heteroatoms. The van der Waals surface area contributed by atoms with Crippen molar-refractivity contribution in [1.82, 2.24) is 9.97 Å². The maximum Gasteiger partial charge on any atom is 0.0464 e. The Kier molecular flexibility index (Phi) is 4.08. The number of aromatic amines is 1. The summed E-state index contributed by atoms with van der Waals surface area (Å²) in [6, 6.07) is 26.6. The van der Waals surface area contributed by atoms with Gasteiger partial charge in [-0.3, -0.25) is 4.98 Å². The molecule has 0 atom stereocenters. The number of para-hydroxylation sites is 1. The molecular weight excluding hydrogens is 256 g/mol. The molecule has 0 fully saturated rings. The minimum atomic E-state index is 1.18. The molecular formula is C19H16N2. The average molecular weight is 272 g/mol. The minimum absolute atomic E-state index is 1.18. The number of fused-ring (bicyclic) bond motifs is 1. The van der Waals surface area contributed by atoms with Crippen molar-refractivity contribution in [2.45, 2.75) is 0 Å². The van der Waals surface area contributed by atoms with E-state index in [9.17, 15) is 0 Å². The molecule has 2 aromatic carbocycles. The number of nitrogens with zero attached hydrogens (tertiary/aromatic N) is 1. The topological polar surface area (TPSA) is 28.7 Å². The lowest BCUT2D eigenvalue weighted by atomic mass is 10.1. The van der Waals surface area contributed by atoms with Crippen molar-refractivity contribution >= 4 is 10.9 Å². The highest BCUT2D eigenvalue weighted by atomic mass is 14.7. The second kappa shape index (κ2) is 6.53. The Morgan fingerprint density at radius 1 is 0.667 bits per heavy atom. The SMILES string of the molecule is c1ccc(-c2cc3ccccc3[nH]2)cc1.c1ccncc1. The van der Waals surface area contributed by atoms with Crippen LogP contribution in [-0.4, -0.2) is 9.97 Å². The second-order valence-corrected chi connectivity index (χ2v) is 4.66. The number of pyridine rings is 1. The molecule has 0 radical (unpaired) electrons. The van der Waals surface area contributed by atoms with Crippen LogP contribution in [0.5, 0.6) is 0 Å². The molecule has 0 aliphatic heterocycles. The first-order chi connectivity index (χ1) is 10.4. The fourth-order valence-corrected chi connectivity index (χ4v) is 2.16. The van der Waals surface area contributed by atoms with E-state index in [0.717, 1.165) is 0 Å². The molecule has 2 heterocycles. The van der Waals surface area contributed by atoms with Gasteiger partial charge in [-0.2, -0.15) is 0 Å². The predicted molar refractivity (Wildman–Crippen MR) is 88.0 cm³/mol. The van der Waals surface area contributed by atoms with Gasteiger partial charge >= 0.3 is 0 Å². The Hall–Kier alpha value is -2.87.